The number of aliphatic carboxylic acids is 2. The molecule has 29 heavy (non-hydrogen) atoms. The fraction of sp³-hybridized carbons (Fsp3) is 0.722. The van der Waals surface area contributed by atoms with Crippen LogP contribution in [0.2, 0.25) is 0 Å². The van der Waals surface area contributed by atoms with Crippen molar-refractivity contribution in [2.75, 3.05) is 6.54 Å². The van der Waals surface area contributed by atoms with Crippen molar-refractivity contribution in [3.63, 3.8) is 0 Å². The first kappa shape index (κ1) is 24.3. The third-order valence-corrected chi connectivity index (χ3v) is 4.62. The summed E-state index contributed by atoms with van der Waals surface area (Å²) in [4.78, 5) is 60.6. The number of likely N-dealkylation sites (tertiary alicyclic amines) is 1. The lowest BCUT2D eigenvalue weighted by Crippen LogP contribution is -2.56. The lowest BCUT2D eigenvalue weighted by atomic mass is 10.0. The van der Waals surface area contributed by atoms with Crippen molar-refractivity contribution in [2.24, 2.45) is 11.7 Å². The second kappa shape index (κ2) is 10.7. The maximum atomic E-state index is 12.8. The zero-order chi connectivity index (χ0) is 22.3. The molecule has 4 atom stereocenters. The summed E-state index contributed by atoms with van der Waals surface area (Å²) in [6, 6.07) is -4.20. The first-order valence-electron chi connectivity index (χ1n) is 9.55. The number of carbonyl (C=O) groups is 5. The summed E-state index contributed by atoms with van der Waals surface area (Å²) in [7, 11) is 0. The van der Waals surface area contributed by atoms with Crippen LogP contribution in [0.5, 0.6) is 0 Å². The van der Waals surface area contributed by atoms with Crippen LogP contribution in [0.25, 0.3) is 0 Å². The van der Waals surface area contributed by atoms with Crippen LogP contribution in [0.3, 0.4) is 0 Å². The van der Waals surface area contributed by atoms with Crippen molar-refractivity contribution in [1.82, 2.24) is 15.5 Å². The molecule has 1 rings (SSSR count). The number of carboxylic acid groups (broad SMARTS) is 2. The Morgan fingerprint density at radius 2 is 1.72 bits per heavy atom. The highest BCUT2D eigenvalue weighted by atomic mass is 16.4. The average molecular weight is 414 g/mol. The van der Waals surface area contributed by atoms with Gasteiger partial charge in [-0.05, 0) is 32.1 Å². The fourth-order valence-corrected chi connectivity index (χ4v) is 3.14. The van der Waals surface area contributed by atoms with Gasteiger partial charge in [-0.25, -0.2) is 0 Å². The maximum Gasteiger partial charge on any atom is 0.325 e. The Kier molecular flexibility index (Phi) is 9.02. The molecule has 3 amide bonds. The van der Waals surface area contributed by atoms with Crippen molar-refractivity contribution < 1.29 is 34.2 Å². The molecule has 0 aliphatic carbocycles. The van der Waals surface area contributed by atoms with E-state index >= 15 is 0 Å². The first-order valence-corrected chi connectivity index (χ1v) is 9.55. The number of nitrogens with one attached hydrogen (secondary N) is 2. The van der Waals surface area contributed by atoms with Gasteiger partial charge in [0.05, 0.1) is 12.5 Å². The van der Waals surface area contributed by atoms with Gasteiger partial charge < -0.3 is 31.5 Å². The summed E-state index contributed by atoms with van der Waals surface area (Å²) in [5.41, 5.74) is 5.64. The van der Waals surface area contributed by atoms with Crippen LogP contribution in [-0.4, -0.2) is 75.5 Å². The molecule has 0 saturated carbocycles. The van der Waals surface area contributed by atoms with E-state index in [2.05, 4.69) is 10.6 Å². The third kappa shape index (κ3) is 7.33. The monoisotopic (exact) mass is 414 g/mol. The van der Waals surface area contributed by atoms with Crippen LogP contribution in [0.1, 0.15) is 46.5 Å². The van der Waals surface area contributed by atoms with Crippen LogP contribution >= 0.6 is 0 Å². The smallest absolute Gasteiger partial charge is 0.325 e. The average Bonchev–Trinajstić information content (AvgIpc) is 3.08. The van der Waals surface area contributed by atoms with Crippen LogP contribution in [0.4, 0.5) is 0 Å². The summed E-state index contributed by atoms with van der Waals surface area (Å²) in [6.45, 7) is 5.28. The molecule has 0 aromatic heterocycles. The van der Waals surface area contributed by atoms with Gasteiger partial charge in [-0.3, -0.25) is 24.0 Å². The molecule has 1 heterocycles. The van der Waals surface area contributed by atoms with Gasteiger partial charge in [0.15, 0.2) is 0 Å². The van der Waals surface area contributed by atoms with Gasteiger partial charge in [-0.2, -0.15) is 0 Å². The van der Waals surface area contributed by atoms with E-state index in [4.69, 9.17) is 15.9 Å². The number of hydrogen-bond acceptors (Lipinski definition) is 6. The van der Waals surface area contributed by atoms with Crippen molar-refractivity contribution in [3.05, 3.63) is 0 Å². The van der Waals surface area contributed by atoms with E-state index in [-0.39, 0.29) is 18.9 Å². The number of amides is 3. The molecule has 4 unspecified atom stereocenters. The lowest BCUT2D eigenvalue weighted by Gasteiger charge is -2.28. The number of rotatable bonds is 10. The molecule has 6 N–H and O–H groups in total. The highest BCUT2D eigenvalue weighted by molar-refractivity contribution is 5.95. The van der Waals surface area contributed by atoms with E-state index in [9.17, 15) is 24.0 Å². The molecule has 1 saturated heterocycles. The number of nitrogens with zero attached hydrogens (tertiary/aromatic N) is 1. The topological polar surface area (TPSA) is 179 Å². The van der Waals surface area contributed by atoms with Crippen LogP contribution < -0.4 is 16.4 Å². The standard InChI is InChI=1S/C18H30N4O7/c1-9(2)7-12(15(25)20-10(3)18(28)29)21-16(26)13-5-4-6-22(13)17(27)11(19)8-14(23)24/h9-13H,4-8,19H2,1-3H3,(H,20,25)(H,21,26)(H,23,24)(H,28,29). The van der Waals surface area contributed by atoms with Crippen molar-refractivity contribution >= 4 is 29.7 Å². The van der Waals surface area contributed by atoms with E-state index in [1.54, 1.807) is 0 Å². The molecule has 0 aromatic rings. The largest absolute Gasteiger partial charge is 0.481 e. The summed E-state index contributed by atoms with van der Waals surface area (Å²) in [5.74, 6) is -4.19. The van der Waals surface area contributed by atoms with Gasteiger partial charge >= 0.3 is 11.9 Å². The minimum Gasteiger partial charge on any atom is -0.481 e. The second-order valence-electron chi connectivity index (χ2n) is 7.65. The zero-order valence-electron chi connectivity index (χ0n) is 16.9. The maximum absolute atomic E-state index is 12.8. The van der Waals surface area contributed by atoms with Gasteiger partial charge in [0.2, 0.25) is 17.7 Å². The van der Waals surface area contributed by atoms with Gasteiger partial charge in [-0.15, -0.1) is 0 Å². The van der Waals surface area contributed by atoms with Gasteiger partial charge in [0.25, 0.3) is 0 Å². The molecule has 0 bridgehead atoms. The van der Waals surface area contributed by atoms with E-state index in [1.807, 2.05) is 13.8 Å². The number of carboxylic acids is 2. The van der Waals surface area contributed by atoms with Crippen LogP contribution in [0.15, 0.2) is 0 Å². The Morgan fingerprint density at radius 1 is 1.10 bits per heavy atom. The molecule has 0 radical (unpaired) electrons. The Hall–Kier alpha value is -2.69. The highest BCUT2D eigenvalue weighted by Crippen LogP contribution is 2.19. The Balaban J connectivity index is 2.86. The molecular formula is C18H30N4O7. The number of hydrogen-bond donors (Lipinski definition) is 5. The summed E-state index contributed by atoms with van der Waals surface area (Å²) >= 11 is 0. The molecule has 164 valence electrons. The molecule has 1 aliphatic rings. The number of carbonyl (C=O) groups excluding carboxylic acids is 3. The quantitative estimate of drug-likeness (QED) is 0.299. The van der Waals surface area contributed by atoms with Crippen molar-refractivity contribution in [3.8, 4) is 0 Å². The van der Waals surface area contributed by atoms with Crippen molar-refractivity contribution in [1.29, 1.82) is 0 Å². The molecule has 11 nitrogen and oxygen atoms in total. The molecular weight excluding hydrogens is 384 g/mol. The predicted molar refractivity (Wildman–Crippen MR) is 102 cm³/mol. The molecule has 11 heteroatoms. The first-order chi connectivity index (χ1) is 13.4. The van der Waals surface area contributed by atoms with Gasteiger partial charge in [0.1, 0.15) is 18.1 Å². The SMILES string of the molecule is CC(C)CC(NC(=O)C1CCCN1C(=O)C(N)CC(=O)O)C(=O)NC(C)C(=O)O. The minimum atomic E-state index is -1.26. The highest BCUT2D eigenvalue weighted by Gasteiger charge is 2.38. The van der Waals surface area contributed by atoms with E-state index < -0.39 is 60.2 Å². The van der Waals surface area contributed by atoms with E-state index in [0.717, 1.165) is 0 Å². The van der Waals surface area contributed by atoms with Crippen LogP contribution in [-0.2, 0) is 24.0 Å². The number of nitrogens with two attached hydrogens (primary N) is 1. The minimum absolute atomic E-state index is 0.0384. The lowest BCUT2D eigenvalue weighted by molar-refractivity contribution is -0.144. The summed E-state index contributed by atoms with van der Waals surface area (Å²) in [5, 5.41) is 22.7. The summed E-state index contributed by atoms with van der Waals surface area (Å²) < 4.78 is 0. The Morgan fingerprint density at radius 3 is 2.24 bits per heavy atom. The van der Waals surface area contributed by atoms with E-state index in [0.29, 0.717) is 12.8 Å². The van der Waals surface area contributed by atoms with Crippen LogP contribution in [0, 0.1) is 5.92 Å². The van der Waals surface area contributed by atoms with Gasteiger partial charge in [0, 0.05) is 6.54 Å². The predicted octanol–water partition coefficient (Wildman–Crippen LogP) is -1.10. The van der Waals surface area contributed by atoms with Gasteiger partial charge in [-0.1, -0.05) is 13.8 Å². The molecule has 1 aliphatic heterocycles. The Labute approximate surface area is 169 Å². The third-order valence-electron chi connectivity index (χ3n) is 4.62. The van der Waals surface area contributed by atoms with Crippen molar-refractivity contribution in [2.45, 2.75) is 70.6 Å². The molecule has 1 fully saturated rings. The fourth-order valence-electron chi connectivity index (χ4n) is 3.14. The Bertz CT molecular complexity index is 652. The van der Waals surface area contributed by atoms with E-state index in [1.165, 1.54) is 11.8 Å². The zero-order valence-corrected chi connectivity index (χ0v) is 16.9. The molecule has 0 spiro atoms. The normalized spacial score (nSPS) is 19.3. The summed E-state index contributed by atoms with van der Waals surface area (Å²) in [6.07, 6.45) is 0.637. The molecule has 0 aromatic carbocycles. The second-order valence-corrected chi connectivity index (χ2v) is 7.65.